The van der Waals surface area contributed by atoms with Crippen LogP contribution in [0.1, 0.15) is 35.7 Å². The molecular weight excluding hydrogens is 328 g/mol. The molecule has 1 unspecified atom stereocenters. The molecule has 0 aliphatic carbocycles. The molecule has 1 aromatic carbocycles. The fourth-order valence-electron chi connectivity index (χ4n) is 4.78. The molecule has 3 aliphatic rings. The van der Waals surface area contributed by atoms with Crippen LogP contribution in [0.3, 0.4) is 0 Å². The first-order chi connectivity index (χ1) is 12.5. The van der Waals surface area contributed by atoms with Gasteiger partial charge in [0.05, 0.1) is 11.5 Å². The Hall–Kier alpha value is -1.92. The lowest BCUT2D eigenvalue weighted by atomic mass is 9.68. The van der Waals surface area contributed by atoms with Crippen molar-refractivity contribution in [2.24, 2.45) is 0 Å². The first-order valence-electron chi connectivity index (χ1n) is 9.56. The second kappa shape index (κ2) is 6.35. The molecule has 26 heavy (non-hydrogen) atoms. The molecule has 3 aliphatic heterocycles. The predicted octanol–water partition coefficient (Wildman–Crippen LogP) is 0.750. The van der Waals surface area contributed by atoms with Crippen LogP contribution in [0.2, 0.25) is 0 Å². The fourth-order valence-corrected chi connectivity index (χ4v) is 4.78. The lowest BCUT2D eigenvalue weighted by Crippen LogP contribution is -2.77. The molecule has 0 aromatic heterocycles. The van der Waals surface area contributed by atoms with Crippen LogP contribution in [-0.4, -0.2) is 84.4 Å². The average Bonchev–Trinajstić information content (AvgIpc) is 2.59. The Morgan fingerprint density at radius 1 is 1.15 bits per heavy atom. The average molecular weight is 356 g/mol. The maximum Gasteiger partial charge on any atom is 0.254 e. The second-order valence-electron chi connectivity index (χ2n) is 8.12. The van der Waals surface area contributed by atoms with E-state index in [1.165, 1.54) is 0 Å². The molecule has 4 rings (SSSR count). The molecule has 2 saturated heterocycles. The number of carbonyl (C=O) groups is 2. The van der Waals surface area contributed by atoms with E-state index in [1.807, 2.05) is 47.9 Å². The maximum atomic E-state index is 13.6. The van der Waals surface area contributed by atoms with Gasteiger partial charge in [-0.2, -0.15) is 0 Å². The van der Waals surface area contributed by atoms with E-state index in [4.69, 9.17) is 0 Å². The highest BCUT2D eigenvalue weighted by molar-refractivity contribution is 6.02. The van der Waals surface area contributed by atoms with E-state index in [0.717, 1.165) is 31.7 Å². The van der Waals surface area contributed by atoms with Crippen molar-refractivity contribution in [3.05, 3.63) is 35.4 Å². The summed E-state index contributed by atoms with van der Waals surface area (Å²) >= 11 is 0. The summed E-state index contributed by atoms with van der Waals surface area (Å²) in [4.78, 5) is 33.1. The van der Waals surface area contributed by atoms with Crippen LogP contribution in [0.5, 0.6) is 0 Å². The highest BCUT2D eigenvalue weighted by Gasteiger charge is 2.59. The largest absolute Gasteiger partial charge is 0.340 e. The van der Waals surface area contributed by atoms with Crippen molar-refractivity contribution in [1.82, 2.24) is 20.0 Å². The number of piperazine rings is 1. The monoisotopic (exact) mass is 356 g/mol. The molecular formula is C20H28N4O2. The van der Waals surface area contributed by atoms with Gasteiger partial charge in [0.15, 0.2) is 0 Å². The van der Waals surface area contributed by atoms with Crippen molar-refractivity contribution in [2.75, 3.05) is 46.3 Å². The molecule has 3 heterocycles. The fraction of sp³-hybridized carbons (Fsp3) is 0.600. The van der Waals surface area contributed by atoms with E-state index in [9.17, 15) is 9.59 Å². The van der Waals surface area contributed by atoms with Crippen LogP contribution in [0.15, 0.2) is 24.3 Å². The van der Waals surface area contributed by atoms with Crippen LogP contribution in [-0.2, 0) is 4.79 Å². The van der Waals surface area contributed by atoms with Crippen molar-refractivity contribution in [1.29, 1.82) is 0 Å². The molecule has 1 atom stereocenters. The van der Waals surface area contributed by atoms with Gasteiger partial charge in [0, 0.05) is 50.9 Å². The number of hydrogen-bond donors (Lipinski definition) is 1. The number of fused-ring (bicyclic) bond motifs is 1. The van der Waals surface area contributed by atoms with Crippen LogP contribution in [0.4, 0.5) is 0 Å². The van der Waals surface area contributed by atoms with E-state index < -0.39 is 5.54 Å². The molecule has 6 heteroatoms. The number of nitrogens with zero attached hydrogens (tertiary/aromatic N) is 3. The standard InChI is InChI=1S/C20H28N4O2/c1-14(2)24-18(25)16-7-5-4-6-15(16)17(20(24)12-21-13-20)19(26)23-10-8-22(3)9-11-23/h4-7,14,17,21H,8-13H2,1-3H3. The number of carbonyl (C=O) groups excluding carboxylic acids is 2. The third-order valence-corrected chi connectivity index (χ3v) is 6.18. The highest BCUT2D eigenvalue weighted by atomic mass is 16.2. The summed E-state index contributed by atoms with van der Waals surface area (Å²) in [6.07, 6.45) is 0. The summed E-state index contributed by atoms with van der Waals surface area (Å²) in [6.45, 7) is 8.76. The molecule has 1 N–H and O–H groups in total. The maximum absolute atomic E-state index is 13.6. The van der Waals surface area contributed by atoms with Crippen molar-refractivity contribution in [3.63, 3.8) is 0 Å². The van der Waals surface area contributed by atoms with Gasteiger partial charge in [0.25, 0.3) is 5.91 Å². The lowest BCUT2D eigenvalue weighted by molar-refractivity contribution is -0.140. The zero-order valence-corrected chi connectivity index (χ0v) is 15.9. The Kier molecular flexibility index (Phi) is 4.28. The van der Waals surface area contributed by atoms with Crippen LogP contribution in [0, 0.1) is 0 Å². The van der Waals surface area contributed by atoms with Crippen LogP contribution < -0.4 is 5.32 Å². The number of rotatable bonds is 2. The Labute approximate surface area is 155 Å². The van der Waals surface area contributed by atoms with Crippen molar-refractivity contribution >= 4 is 11.8 Å². The first kappa shape index (κ1) is 17.5. The summed E-state index contributed by atoms with van der Waals surface area (Å²) in [6, 6.07) is 7.74. The molecule has 1 spiro atoms. The van der Waals surface area contributed by atoms with Crippen LogP contribution in [0.25, 0.3) is 0 Å². The lowest BCUT2D eigenvalue weighted by Gasteiger charge is -2.59. The van der Waals surface area contributed by atoms with Crippen molar-refractivity contribution in [2.45, 2.75) is 31.3 Å². The number of nitrogens with one attached hydrogen (secondary N) is 1. The highest BCUT2D eigenvalue weighted by Crippen LogP contribution is 2.45. The van der Waals surface area contributed by atoms with E-state index in [0.29, 0.717) is 18.7 Å². The number of amides is 2. The Bertz CT molecular complexity index is 720. The van der Waals surface area contributed by atoms with Gasteiger partial charge in [-0.05, 0) is 32.5 Å². The van der Waals surface area contributed by atoms with Crippen molar-refractivity contribution in [3.8, 4) is 0 Å². The summed E-state index contributed by atoms with van der Waals surface area (Å²) in [5.74, 6) is -0.0619. The summed E-state index contributed by atoms with van der Waals surface area (Å²) < 4.78 is 0. The zero-order chi connectivity index (χ0) is 18.5. The minimum absolute atomic E-state index is 0.0551. The smallest absolute Gasteiger partial charge is 0.254 e. The van der Waals surface area contributed by atoms with Crippen LogP contribution >= 0.6 is 0 Å². The van der Waals surface area contributed by atoms with Gasteiger partial charge in [0.2, 0.25) is 5.91 Å². The minimum atomic E-state index is -0.444. The Morgan fingerprint density at radius 2 is 1.81 bits per heavy atom. The third-order valence-electron chi connectivity index (χ3n) is 6.18. The SMILES string of the molecule is CC(C)N1C(=O)c2ccccc2C(C(=O)N2CCN(C)CC2)C12CNC2. The Morgan fingerprint density at radius 3 is 2.38 bits per heavy atom. The molecule has 0 radical (unpaired) electrons. The number of hydrogen-bond acceptors (Lipinski definition) is 4. The normalized spacial score (nSPS) is 25.4. The molecule has 2 amide bonds. The first-order valence-corrected chi connectivity index (χ1v) is 9.56. The predicted molar refractivity (Wildman–Crippen MR) is 100 cm³/mol. The number of benzene rings is 1. The van der Waals surface area contributed by atoms with E-state index in [1.54, 1.807) is 0 Å². The van der Waals surface area contributed by atoms with Gasteiger partial charge >= 0.3 is 0 Å². The summed E-state index contributed by atoms with van der Waals surface area (Å²) in [7, 11) is 2.09. The third kappa shape index (κ3) is 2.47. The minimum Gasteiger partial charge on any atom is -0.340 e. The van der Waals surface area contributed by atoms with Gasteiger partial charge in [-0.1, -0.05) is 18.2 Å². The second-order valence-corrected chi connectivity index (χ2v) is 8.12. The molecule has 0 bridgehead atoms. The zero-order valence-electron chi connectivity index (χ0n) is 15.9. The molecule has 140 valence electrons. The summed E-state index contributed by atoms with van der Waals surface area (Å²) in [5.41, 5.74) is 1.14. The van der Waals surface area contributed by atoms with E-state index >= 15 is 0 Å². The quantitative estimate of drug-likeness (QED) is 0.850. The molecule has 0 saturated carbocycles. The van der Waals surface area contributed by atoms with Gasteiger partial charge in [-0.3, -0.25) is 9.59 Å². The Balaban J connectivity index is 1.78. The van der Waals surface area contributed by atoms with E-state index in [-0.39, 0.29) is 23.8 Å². The van der Waals surface area contributed by atoms with Gasteiger partial charge < -0.3 is 20.0 Å². The summed E-state index contributed by atoms with van der Waals surface area (Å²) in [5, 5.41) is 3.33. The van der Waals surface area contributed by atoms with Gasteiger partial charge in [-0.25, -0.2) is 0 Å². The number of likely N-dealkylation sites (N-methyl/N-ethyl adjacent to an activating group) is 1. The van der Waals surface area contributed by atoms with Crippen molar-refractivity contribution < 1.29 is 9.59 Å². The topological polar surface area (TPSA) is 55.9 Å². The molecule has 2 fully saturated rings. The van der Waals surface area contributed by atoms with E-state index in [2.05, 4.69) is 17.3 Å². The van der Waals surface area contributed by atoms with Gasteiger partial charge in [-0.15, -0.1) is 0 Å². The molecule has 6 nitrogen and oxygen atoms in total. The molecule has 1 aromatic rings. The van der Waals surface area contributed by atoms with Gasteiger partial charge in [0.1, 0.15) is 0 Å².